The summed E-state index contributed by atoms with van der Waals surface area (Å²) in [4.78, 5) is 22.1. The highest BCUT2D eigenvalue weighted by Crippen LogP contribution is 2.36. The van der Waals surface area contributed by atoms with Crippen LogP contribution in [0.15, 0.2) is 39.9 Å². The number of aryl methyl sites for hydroxylation is 1. The minimum Gasteiger partial charge on any atom is -0.500 e. The number of nitro benzene ring substituents is 1. The van der Waals surface area contributed by atoms with Gasteiger partial charge in [0.1, 0.15) is 5.75 Å². The zero-order valence-corrected chi connectivity index (χ0v) is 18.1. The monoisotopic (exact) mass is 479 g/mol. The van der Waals surface area contributed by atoms with Gasteiger partial charge in [0.25, 0.3) is 0 Å². The zero-order valence-electron chi connectivity index (χ0n) is 16.6. The molecule has 2 N–H and O–H groups in total. The Morgan fingerprint density at radius 3 is 2.73 bits per heavy atom. The van der Waals surface area contributed by atoms with Crippen LogP contribution in [0.2, 0.25) is 0 Å². The number of carbonyl (C=O) groups excluding carboxylic acids is 1. The molecule has 10 heteroatoms. The molecule has 2 aromatic carbocycles. The molecule has 9 nitrogen and oxygen atoms in total. The number of hydrogen-bond acceptors (Lipinski definition) is 7. The van der Waals surface area contributed by atoms with Crippen molar-refractivity contribution in [2.75, 3.05) is 13.7 Å². The van der Waals surface area contributed by atoms with Gasteiger partial charge in [0.05, 0.1) is 29.3 Å². The van der Waals surface area contributed by atoms with E-state index in [1.807, 2.05) is 18.2 Å². The molecule has 2 aromatic rings. The number of halogens is 1. The molecule has 0 aromatic heterocycles. The molecule has 2 rings (SSSR count). The lowest BCUT2D eigenvalue weighted by Gasteiger charge is -2.09. The number of hydrogen-bond donors (Lipinski definition) is 2. The first kappa shape index (κ1) is 23.1. The summed E-state index contributed by atoms with van der Waals surface area (Å²) in [7, 11) is 1.28. The van der Waals surface area contributed by atoms with E-state index in [-0.39, 0.29) is 18.1 Å². The van der Waals surface area contributed by atoms with Crippen molar-refractivity contribution in [2.45, 2.75) is 26.2 Å². The molecule has 1 amide bonds. The number of ether oxygens (including phenoxy) is 2. The van der Waals surface area contributed by atoms with Crippen molar-refractivity contribution >= 4 is 33.7 Å². The van der Waals surface area contributed by atoms with Crippen molar-refractivity contribution in [1.29, 1.82) is 0 Å². The molecule has 30 heavy (non-hydrogen) atoms. The smallest absolute Gasteiger partial charge is 0.315 e. The van der Waals surface area contributed by atoms with E-state index in [1.165, 1.54) is 25.0 Å². The molecule has 0 unspecified atom stereocenters. The molecule has 0 saturated heterocycles. The van der Waals surface area contributed by atoms with E-state index in [0.29, 0.717) is 24.3 Å². The number of nitrogens with one attached hydrogen (secondary N) is 1. The van der Waals surface area contributed by atoms with Gasteiger partial charge in [-0.2, -0.15) is 5.10 Å². The van der Waals surface area contributed by atoms with Crippen LogP contribution in [0.1, 0.15) is 30.9 Å². The van der Waals surface area contributed by atoms with E-state index >= 15 is 0 Å². The summed E-state index contributed by atoms with van der Waals surface area (Å²) in [6.45, 7) is 2.44. The Morgan fingerprint density at radius 1 is 1.33 bits per heavy atom. The molecule has 0 atom stereocenters. The van der Waals surface area contributed by atoms with E-state index in [4.69, 9.17) is 9.47 Å². The van der Waals surface area contributed by atoms with E-state index in [0.717, 1.165) is 17.0 Å². The highest BCUT2D eigenvalue weighted by Gasteiger charge is 2.19. The van der Waals surface area contributed by atoms with Gasteiger partial charge in [-0.05, 0) is 52.5 Å². The molecule has 160 valence electrons. The third-order valence-corrected chi connectivity index (χ3v) is 4.73. The lowest BCUT2D eigenvalue weighted by molar-refractivity contribution is -0.386. The fraction of sp³-hybridized carbons (Fsp3) is 0.300. The summed E-state index contributed by atoms with van der Waals surface area (Å²) in [6.07, 6.45) is 2.85. The molecule has 0 spiro atoms. The highest BCUT2D eigenvalue weighted by atomic mass is 79.9. The molecule has 0 bridgehead atoms. The van der Waals surface area contributed by atoms with Crippen molar-refractivity contribution in [3.8, 4) is 17.2 Å². The Hall–Kier alpha value is -3.14. The second-order valence-electron chi connectivity index (χ2n) is 6.21. The number of rotatable bonds is 10. The van der Waals surface area contributed by atoms with Gasteiger partial charge in [-0.1, -0.05) is 13.0 Å². The summed E-state index contributed by atoms with van der Waals surface area (Å²) >= 11 is 3.46. The summed E-state index contributed by atoms with van der Waals surface area (Å²) in [6, 6.07) is 8.37. The van der Waals surface area contributed by atoms with Crippen molar-refractivity contribution in [3.05, 3.63) is 56.0 Å². The quantitative estimate of drug-likeness (QED) is 0.230. The Labute approximate surface area is 182 Å². The maximum atomic E-state index is 11.9. The van der Waals surface area contributed by atoms with Crippen LogP contribution in [0.3, 0.4) is 0 Å². The number of carbonyl (C=O) groups is 1. The lowest BCUT2D eigenvalue weighted by atomic mass is 10.2. The van der Waals surface area contributed by atoms with E-state index in [1.54, 1.807) is 0 Å². The van der Waals surface area contributed by atoms with Gasteiger partial charge in [0.2, 0.25) is 11.7 Å². The molecule has 0 fully saturated rings. The third kappa shape index (κ3) is 6.45. The largest absolute Gasteiger partial charge is 0.500 e. The summed E-state index contributed by atoms with van der Waals surface area (Å²) in [5.74, 6) is -0.240. The number of nitro groups is 1. The maximum Gasteiger partial charge on any atom is 0.315 e. The van der Waals surface area contributed by atoms with Gasteiger partial charge < -0.3 is 14.6 Å². The fourth-order valence-corrected chi connectivity index (χ4v) is 3.05. The molecular weight excluding hydrogens is 458 g/mol. The van der Waals surface area contributed by atoms with Crippen LogP contribution in [0.25, 0.3) is 0 Å². The Balaban J connectivity index is 1.83. The van der Waals surface area contributed by atoms with Crippen LogP contribution in [0, 0.1) is 10.1 Å². The summed E-state index contributed by atoms with van der Waals surface area (Å²) in [5.41, 5.74) is 3.32. The predicted molar refractivity (Wildman–Crippen MR) is 115 cm³/mol. The number of nitrogens with zero attached hydrogens (tertiary/aromatic N) is 2. The zero-order chi connectivity index (χ0) is 22.1. The van der Waals surface area contributed by atoms with Crippen molar-refractivity contribution < 1.29 is 24.3 Å². The average Bonchev–Trinajstić information content (AvgIpc) is 2.72. The number of benzene rings is 2. The van der Waals surface area contributed by atoms with Crippen LogP contribution in [-0.2, 0) is 11.2 Å². The molecule has 0 aliphatic rings. The molecule has 0 aliphatic carbocycles. The summed E-state index contributed by atoms with van der Waals surface area (Å²) in [5, 5.41) is 24.5. The van der Waals surface area contributed by atoms with Crippen LogP contribution < -0.4 is 14.9 Å². The first-order valence-corrected chi connectivity index (χ1v) is 9.93. The Morgan fingerprint density at radius 2 is 2.10 bits per heavy atom. The number of phenolic OH excluding ortho intramolecular Hbond substituents is 1. The molecule has 0 saturated carbocycles. The van der Waals surface area contributed by atoms with Gasteiger partial charge >= 0.3 is 5.69 Å². The minimum absolute atomic E-state index is 0.0627. The molecular formula is C20H22BrN3O6. The number of aromatic hydroxyl groups is 1. The lowest BCUT2D eigenvalue weighted by Crippen LogP contribution is -2.18. The van der Waals surface area contributed by atoms with Gasteiger partial charge in [0.15, 0.2) is 5.75 Å². The second kappa shape index (κ2) is 11.1. The van der Waals surface area contributed by atoms with Gasteiger partial charge in [-0.25, -0.2) is 5.43 Å². The normalized spacial score (nSPS) is 10.8. The predicted octanol–water partition coefficient (Wildman–Crippen LogP) is 3.94. The number of phenols is 1. The standard InChI is InChI=1S/C20H22BrN3O6/c1-3-13-6-7-17(15(21)9-13)30-8-4-5-19(25)23-22-12-14-10-16(24(27)28)20(26)18(11-14)29-2/h6-7,9-12,26H,3-5,8H2,1-2H3,(H,23,25)/b22-12+. The van der Waals surface area contributed by atoms with Crippen LogP contribution >= 0.6 is 15.9 Å². The highest BCUT2D eigenvalue weighted by molar-refractivity contribution is 9.10. The van der Waals surface area contributed by atoms with E-state index in [9.17, 15) is 20.0 Å². The second-order valence-corrected chi connectivity index (χ2v) is 7.07. The third-order valence-electron chi connectivity index (χ3n) is 4.11. The van der Waals surface area contributed by atoms with Crippen LogP contribution in [0.4, 0.5) is 5.69 Å². The molecule has 0 radical (unpaired) electrons. The molecule has 0 aliphatic heterocycles. The molecule has 0 heterocycles. The first-order valence-electron chi connectivity index (χ1n) is 9.14. The van der Waals surface area contributed by atoms with Gasteiger partial charge in [-0.3, -0.25) is 14.9 Å². The minimum atomic E-state index is -0.734. The van der Waals surface area contributed by atoms with Crippen LogP contribution in [0.5, 0.6) is 17.2 Å². The fourth-order valence-electron chi connectivity index (χ4n) is 2.51. The van der Waals surface area contributed by atoms with Gasteiger partial charge in [-0.15, -0.1) is 0 Å². The Kier molecular flexibility index (Phi) is 8.60. The van der Waals surface area contributed by atoms with Crippen molar-refractivity contribution in [1.82, 2.24) is 5.43 Å². The van der Waals surface area contributed by atoms with Crippen molar-refractivity contribution in [2.24, 2.45) is 5.10 Å². The van der Waals surface area contributed by atoms with Crippen LogP contribution in [-0.4, -0.2) is 35.9 Å². The van der Waals surface area contributed by atoms with Crippen molar-refractivity contribution in [3.63, 3.8) is 0 Å². The number of hydrazone groups is 1. The van der Waals surface area contributed by atoms with E-state index < -0.39 is 16.4 Å². The topological polar surface area (TPSA) is 123 Å². The first-order chi connectivity index (χ1) is 14.3. The Bertz CT molecular complexity index is 948. The van der Waals surface area contributed by atoms with Gasteiger partial charge in [0, 0.05) is 18.1 Å². The average molecular weight is 480 g/mol. The number of amides is 1. The summed E-state index contributed by atoms with van der Waals surface area (Å²) < 4.78 is 11.4. The van der Waals surface area contributed by atoms with E-state index in [2.05, 4.69) is 33.4 Å². The maximum absolute atomic E-state index is 11.9. The SMILES string of the molecule is CCc1ccc(OCCCC(=O)N/N=C/c2cc(OC)c(O)c([N+](=O)[O-])c2)c(Br)c1. The number of methoxy groups -OCH3 is 1.